The SMILES string of the molecule is Cc1c(Cl)cc(NC(=O)NCc2ccc3c(c2)C(=O)N(C2CCC(=O)CC2=O)C3)cc1CC1COCOC1. The number of ether oxygens (including phenoxy) is 2. The summed E-state index contributed by atoms with van der Waals surface area (Å²) in [5.74, 6) is -0.255. The Morgan fingerprint density at radius 1 is 1.13 bits per heavy atom. The van der Waals surface area contributed by atoms with Crippen LogP contribution in [0.4, 0.5) is 10.5 Å². The van der Waals surface area contributed by atoms with Crippen LogP contribution in [0.2, 0.25) is 5.02 Å². The van der Waals surface area contributed by atoms with E-state index in [2.05, 4.69) is 10.6 Å². The van der Waals surface area contributed by atoms with Gasteiger partial charge in [-0.25, -0.2) is 4.79 Å². The zero-order chi connectivity index (χ0) is 26.8. The first-order valence-electron chi connectivity index (χ1n) is 12.7. The van der Waals surface area contributed by atoms with E-state index in [-0.39, 0.29) is 36.4 Å². The number of rotatable bonds is 6. The van der Waals surface area contributed by atoms with Gasteiger partial charge < -0.3 is 25.0 Å². The summed E-state index contributed by atoms with van der Waals surface area (Å²) in [5.41, 5.74) is 4.69. The Hall–Kier alpha value is -3.27. The van der Waals surface area contributed by atoms with Gasteiger partial charge in [0.15, 0.2) is 5.78 Å². The molecular weight excluding hydrogens is 510 g/mol. The van der Waals surface area contributed by atoms with E-state index < -0.39 is 12.1 Å². The summed E-state index contributed by atoms with van der Waals surface area (Å²) in [7, 11) is 0. The van der Waals surface area contributed by atoms with Crippen molar-refractivity contribution in [1.82, 2.24) is 10.2 Å². The molecule has 1 unspecified atom stereocenters. The van der Waals surface area contributed by atoms with Crippen LogP contribution in [0.1, 0.15) is 51.9 Å². The van der Waals surface area contributed by atoms with Gasteiger partial charge in [0.05, 0.1) is 25.7 Å². The van der Waals surface area contributed by atoms with Crippen molar-refractivity contribution in [2.45, 2.75) is 51.7 Å². The average molecular weight is 540 g/mol. The molecule has 3 amide bonds. The van der Waals surface area contributed by atoms with Crippen molar-refractivity contribution in [1.29, 1.82) is 0 Å². The summed E-state index contributed by atoms with van der Waals surface area (Å²) in [6.45, 7) is 4.07. The zero-order valence-corrected chi connectivity index (χ0v) is 21.9. The third-order valence-corrected chi connectivity index (χ3v) is 7.76. The Labute approximate surface area is 225 Å². The Kier molecular flexibility index (Phi) is 7.78. The number of Topliss-reactive ketones (excluding diaryl/α,β-unsaturated/α-hetero) is 2. The number of nitrogens with one attached hydrogen (secondary N) is 2. The number of amides is 3. The zero-order valence-electron chi connectivity index (χ0n) is 21.2. The molecule has 2 heterocycles. The first-order valence-corrected chi connectivity index (χ1v) is 13.1. The van der Waals surface area contributed by atoms with E-state index in [0.717, 1.165) is 28.7 Å². The van der Waals surface area contributed by atoms with E-state index in [0.29, 0.717) is 55.7 Å². The van der Waals surface area contributed by atoms with Crippen LogP contribution in [-0.2, 0) is 38.6 Å². The van der Waals surface area contributed by atoms with Gasteiger partial charge in [-0.1, -0.05) is 23.7 Å². The smallest absolute Gasteiger partial charge is 0.319 e. The number of anilines is 1. The summed E-state index contributed by atoms with van der Waals surface area (Å²) in [6, 6.07) is 8.15. The molecule has 2 fully saturated rings. The molecule has 0 aromatic heterocycles. The van der Waals surface area contributed by atoms with Crippen LogP contribution < -0.4 is 10.6 Å². The van der Waals surface area contributed by atoms with Crippen LogP contribution in [0.3, 0.4) is 0 Å². The first-order chi connectivity index (χ1) is 18.3. The summed E-state index contributed by atoms with van der Waals surface area (Å²) in [5, 5.41) is 6.23. The second-order valence-electron chi connectivity index (χ2n) is 10.1. The fraction of sp³-hybridized carbons (Fsp3) is 0.429. The van der Waals surface area contributed by atoms with Crippen molar-refractivity contribution in [2.24, 2.45) is 5.92 Å². The fourth-order valence-electron chi connectivity index (χ4n) is 5.26. The number of carbonyl (C=O) groups is 4. The monoisotopic (exact) mass is 539 g/mol. The average Bonchev–Trinajstić information content (AvgIpc) is 3.22. The number of nitrogens with zero attached hydrogens (tertiary/aromatic N) is 1. The maximum atomic E-state index is 13.0. The topological polar surface area (TPSA) is 114 Å². The molecule has 2 aliphatic heterocycles. The van der Waals surface area contributed by atoms with E-state index in [1.54, 1.807) is 17.0 Å². The van der Waals surface area contributed by atoms with E-state index in [9.17, 15) is 19.2 Å². The molecule has 9 nitrogen and oxygen atoms in total. The number of urea groups is 1. The molecule has 0 bridgehead atoms. The lowest BCUT2D eigenvalue weighted by molar-refractivity contribution is -0.133. The van der Waals surface area contributed by atoms with Crippen molar-refractivity contribution in [3.05, 3.63) is 63.2 Å². The maximum absolute atomic E-state index is 13.0. The predicted octanol–water partition coefficient (Wildman–Crippen LogP) is 3.78. The minimum absolute atomic E-state index is 0.0698. The van der Waals surface area contributed by atoms with Gasteiger partial charge in [0, 0.05) is 41.7 Å². The van der Waals surface area contributed by atoms with Crippen LogP contribution >= 0.6 is 11.6 Å². The Balaban J connectivity index is 1.19. The van der Waals surface area contributed by atoms with Crippen LogP contribution in [0.25, 0.3) is 0 Å². The lowest BCUT2D eigenvalue weighted by Gasteiger charge is -2.29. The van der Waals surface area contributed by atoms with Crippen molar-refractivity contribution >= 4 is 40.8 Å². The van der Waals surface area contributed by atoms with Gasteiger partial charge >= 0.3 is 6.03 Å². The second kappa shape index (κ2) is 11.2. The molecule has 2 aromatic carbocycles. The van der Waals surface area contributed by atoms with Gasteiger partial charge in [-0.15, -0.1) is 0 Å². The number of hydrogen-bond donors (Lipinski definition) is 2. The highest BCUT2D eigenvalue weighted by Crippen LogP contribution is 2.30. The molecule has 200 valence electrons. The lowest BCUT2D eigenvalue weighted by atomic mass is 9.92. The molecule has 2 aromatic rings. The minimum atomic E-state index is -0.552. The fourth-order valence-corrected chi connectivity index (χ4v) is 5.50. The molecule has 5 rings (SSSR count). The van der Waals surface area contributed by atoms with Crippen LogP contribution in [0.5, 0.6) is 0 Å². The first kappa shape index (κ1) is 26.3. The van der Waals surface area contributed by atoms with Gasteiger partial charge in [-0.2, -0.15) is 0 Å². The lowest BCUT2D eigenvalue weighted by Crippen LogP contribution is -2.44. The number of halogens is 1. The number of benzene rings is 2. The Bertz CT molecular complexity index is 1290. The largest absolute Gasteiger partial charge is 0.355 e. The molecule has 1 atom stereocenters. The third-order valence-electron chi connectivity index (χ3n) is 7.37. The highest BCUT2D eigenvalue weighted by molar-refractivity contribution is 6.31. The molecule has 3 aliphatic rings. The van der Waals surface area contributed by atoms with Crippen LogP contribution in [0, 0.1) is 12.8 Å². The van der Waals surface area contributed by atoms with Gasteiger partial charge in [-0.05, 0) is 60.2 Å². The number of carbonyl (C=O) groups excluding carboxylic acids is 4. The van der Waals surface area contributed by atoms with Gasteiger partial charge in [-0.3, -0.25) is 14.4 Å². The third kappa shape index (κ3) is 5.75. The van der Waals surface area contributed by atoms with Crippen LogP contribution in [0.15, 0.2) is 30.3 Å². The highest BCUT2D eigenvalue weighted by atomic mass is 35.5. The summed E-state index contributed by atoms with van der Waals surface area (Å²) < 4.78 is 10.8. The van der Waals surface area contributed by atoms with Crippen molar-refractivity contribution in [3.8, 4) is 0 Å². The normalized spacial score (nSPS) is 20.0. The molecule has 0 spiro atoms. The molecule has 10 heteroatoms. The molecule has 38 heavy (non-hydrogen) atoms. The number of fused-ring (bicyclic) bond motifs is 1. The van der Waals surface area contributed by atoms with E-state index in [1.165, 1.54) is 0 Å². The number of ketones is 2. The molecule has 1 aliphatic carbocycles. The molecule has 1 saturated carbocycles. The van der Waals surface area contributed by atoms with Crippen molar-refractivity contribution in [2.75, 3.05) is 25.3 Å². The van der Waals surface area contributed by atoms with Gasteiger partial charge in [0.1, 0.15) is 12.6 Å². The summed E-state index contributed by atoms with van der Waals surface area (Å²) >= 11 is 6.44. The van der Waals surface area contributed by atoms with Crippen molar-refractivity contribution in [3.63, 3.8) is 0 Å². The standard InChI is InChI=1S/C28H30ClN3O6/c1-16-20(6-18-13-37-15-38-14-18)8-21(9-24(16)29)31-28(36)30-11-17-2-3-19-12-32(27(35)23(19)7-17)25-5-4-22(33)10-26(25)34/h2-3,7-9,18,25H,4-6,10-15H2,1H3,(H2,30,31,36). The molecule has 0 radical (unpaired) electrons. The second-order valence-corrected chi connectivity index (χ2v) is 10.5. The Morgan fingerprint density at radius 2 is 1.92 bits per heavy atom. The number of hydrogen-bond acceptors (Lipinski definition) is 6. The highest BCUT2D eigenvalue weighted by Gasteiger charge is 2.38. The van der Waals surface area contributed by atoms with E-state index >= 15 is 0 Å². The molecule has 2 N–H and O–H groups in total. The summed E-state index contributed by atoms with van der Waals surface area (Å²) in [4.78, 5) is 51.2. The molecular formula is C28H30ClN3O6. The quantitative estimate of drug-likeness (QED) is 0.540. The summed E-state index contributed by atoms with van der Waals surface area (Å²) in [6.07, 6.45) is 1.31. The predicted molar refractivity (Wildman–Crippen MR) is 140 cm³/mol. The van der Waals surface area contributed by atoms with Gasteiger partial charge in [0.25, 0.3) is 5.91 Å². The van der Waals surface area contributed by atoms with E-state index in [1.807, 2.05) is 25.1 Å². The van der Waals surface area contributed by atoms with Crippen LogP contribution in [-0.4, -0.2) is 54.5 Å². The van der Waals surface area contributed by atoms with Crippen molar-refractivity contribution < 1.29 is 28.7 Å². The minimum Gasteiger partial charge on any atom is -0.355 e. The van der Waals surface area contributed by atoms with Gasteiger partial charge in [0.2, 0.25) is 0 Å². The van der Waals surface area contributed by atoms with E-state index in [4.69, 9.17) is 21.1 Å². The maximum Gasteiger partial charge on any atom is 0.319 e. The Morgan fingerprint density at radius 3 is 2.68 bits per heavy atom. The molecule has 1 saturated heterocycles.